The third kappa shape index (κ3) is 6.98. The summed E-state index contributed by atoms with van der Waals surface area (Å²) in [5.74, 6) is 0.0338. The molecule has 132 valence electrons. The van der Waals surface area contributed by atoms with Gasteiger partial charge in [-0.3, -0.25) is 4.79 Å². The molecular weight excluding hydrogens is 333 g/mol. The molecule has 0 spiro atoms. The van der Waals surface area contributed by atoms with Crippen molar-refractivity contribution in [2.45, 2.75) is 38.6 Å². The van der Waals surface area contributed by atoms with Crippen LogP contribution in [0.25, 0.3) is 0 Å². The van der Waals surface area contributed by atoms with Crippen molar-refractivity contribution in [3.05, 3.63) is 29.8 Å². The van der Waals surface area contributed by atoms with Crippen LogP contribution in [0.4, 0.5) is 5.69 Å². The van der Waals surface area contributed by atoms with Gasteiger partial charge in [0, 0.05) is 37.4 Å². The fourth-order valence-corrected chi connectivity index (χ4v) is 2.64. The lowest BCUT2D eigenvalue weighted by atomic mass is 10.1. The molecule has 1 heterocycles. The molecule has 1 aliphatic rings. The summed E-state index contributed by atoms with van der Waals surface area (Å²) in [7, 11) is 2.10. The van der Waals surface area contributed by atoms with Crippen LogP contribution in [0.3, 0.4) is 0 Å². The van der Waals surface area contributed by atoms with Gasteiger partial charge in [0.2, 0.25) is 0 Å². The zero-order valence-electron chi connectivity index (χ0n) is 14.0. The first kappa shape index (κ1) is 22.0. The minimum atomic E-state index is 0. The van der Waals surface area contributed by atoms with Gasteiger partial charge in [-0.25, -0.2) is 0 Å². The number of halogens is 2. The molecular formula is C17H29Cl2N3O. The second kappa shape index (κ2) is 11.5. The largest absolute Gasteiger partial charge is 0.375 e. The van der Waals surface area contributed by atoms with Gasteiger partial charge in [0.1, 0.15) is 0 Å². The van der Waals surface area contributed by atoms with Gasteiger partial charge in [-0.1, -0.05) is 13.3 Å². The Hall–Kier alpha value is -0.970. The van der Waals surface area contributed by atoms with E-state index in [1.807, 2.05) is 24.3 Å². The Bertz CT molecular complexity index is 448. The van der Waals surface area contributed by atoms with Gasteiger partial charge in [-0.15, -0.1) is 24.8 Å². The van der Waals surface area contributed by atoms with Crippen LogP contribution < -0.4 is 15.5 Å². The Kier molecular flexibility index (Phi) is 11.1. The molecule has 1 saturated heterocycles. The molecule has 1 aromatic carbocycles. The van der Waals surface area contributed by atoms with E-state index in [1.165, 1.54) is 18.5 Å². The highest BCUT2D eigenvalue weighted by Gasteiger charge is 2.16. The summed E-state index contributed by atoms with van der Waals surface area (Å²) in [5.41, 5.74) is 1.91. The first-order valence-corrected chi connectivity index (χ1v) is 8.03. The summed E-state index contributed by atoms with van der Waals surface area (Å²) in [6.45, 7) is 5.19. The average molecular weight is 362 g/mol. The first-order chi connectivity index (χ1) is 10.2. The topological polar surface area (TPSA) is 44.4 Å². The lowest BCUT2D eigenvalue weighted by molar-refractivity contribution is 0.0930. The van der Waals surface area contributed by atoms with E-state index in [-0.39, 0.29) is 36.8 Å². The van der Waals surface area contributed by atoms with E-state index in [1.54, 1.807) is 0 Å². The minimum Gasteiger partial charge on any atom is -0.375 e. The maximum absolute atomic E-state index is 12.2. The van der Waals surface area contributed by atoms with Gasteiger partial charge in [0.05, 0.1) is 0 Å². The number of anilines is 1. The predicted octanol–water partition coefficient (Wildman–Crippen LogP) is 3.25. The van der Waals surface area contributed by atoms with Crippen molar-refractivity contribution in [1.82, 2.24) is 10.6 Å². The Morgan fingerprint density at radius 2 is 2.00 bits per heavy atom. The Morgan fingerprint density at radius 1 is 1.30 bits per heavy atom. The second-order valence-corrected chi connectivity index (χ2v) is 5.84. The number of carbonyl (C=O) groups excluding carboxylic acids is 1. The van der Waals surface area contributed by atoms with Gasteiger partial charge < -0.3 is 15.5 Å². The highest BCUT2D eigenvalue weighted by molar-refractivity contribution is 5.94. The molecule has 0 aromatic heterocycles. The Balaban J connectivity index is 0.00000242. The smallest absolute Gasteiger partial charge is 0.251 e. The fourth-order valence-electron chi connectivity index (χ4n) is 2.64. The number of piperidine rings is 1. The number of unbranched alkanes of at least 4 members (excludes halogenated alkanes) is 1. The summed E-state index contributed by atoms with van der Waals surface area (Å²) in [4.78, 5) is 14.4. The number of nitrogens with one attached hydrogen (secondary N) is 2. The van der Waals surface area contributed by atoms with Crippen molar-refractivity contribution in [1.29, 1.82) is 0 Å². The van der Waals surface area contributed by atoms with Crippen LogP contribution in [0.1, 0.15) is 43.0 Å². The van der Waals surface area contributed by atoms with Crippen molar-refractivity contribution in [2.75, 3.05) is 31.6 Å². The molecule has 23 heavy (non-hydrogen) atoms. The predicted molar refractivity (Wildman–Crippen MR) is 102 cm³/mol. The Labute approximate surface area is 152 Å². The van der Waals surface area contributed by atoms with Crippen molar-refractivity contribution < 1.29 is 4.79 Å². The zero-order valence-corrected chi connectivity index (χ0v) is 15.6. The summed E-state index contributed by atoms with van der Waals surface area (Å²) < 4.78 is 0. The summed E-state index contributed by atoms with van der Waals surface area (Å²) in [5, 5.41) is 6.42. The molecule has 1 fully saturated rings. The molecule has 4 nitrogen and oxygen atoms in total. The van der Waals surface area contributed by atoms with Gasteiger partial charge >= 0.3 is 0 Å². The molecule has 0 bridgehead atoms. The van der Waals surface area contributed by atoms with E-state index >= 15 is 0 Å². The normalized spacial score (nSPS) is 16.7. The lowest BCUT2D eigenvalue weighted by Crippen LogP contribution is -2.45. The van der Waals surface area contributed by atoms with Crippen molar-refractivity contribution in [3.63, 3.8) is 0 Å². The monoisotopic (exact) mass is 361 g/mol. The molecule has 2 rings (SSSR count). The van der Waals surface area contributed by atoms with E-state index in [2.05, 4.69) is 29.5 Å². The van der Waals surface area contributed by atoms with Gasteiger partial charge in [-0.2, -0.15) is 0 Å². The molecule has 1 unspecified atom stereocenters. The number of hydrogen-bond donors (Lipinski definition) is 2. The highest BCUT2D eigenvalue weighted by Crippen LogP contribution is 2.15. The van der Waals surface area contributed by atoms with Crippen LogP contribution in [-0.2, 0) is 0 Å². The highest BCUT2D eigenvalue weighted by atomic mass is 35.5. The third-order valence-electron chi connectivity index (χ3n) is 4.05. The number of benzene rings is 1. The van der Waals surface area contributed by atoms with E-state index in [0.717, 1.165) is 38.0 Å². The van der Waals surface area contributed by atoms with Crippen LogP contribution >= 0.6 is 24.8 Å². The van der Waals surface area contributed by atoms with E-state index in [0.29, 0.717) is 0 Å². The number of hydrogen-bond acceptors (Lipinski definition) is 3. The molecule has 1 amide bonds. The quantitative estimate of drug-likeness (QED) is 0.817. The second-order valence-electron chi connectivity index (χ2n) is 5.84. The molecule has 1 atom stereocenters. The Morgan fingerprint density at radius 3 is 2.57 bits per heavy atom. The van der Waals surface area contributed by atoms with Crippen molar-refractivity contribution >= 4 is 36.4 Å². The molecule has 0 radical (unpaired) electrons. The van der Waals surface area contributed by atoms with Gasteiger partial charge in [0.15, 0.2) is 0 Å². The molecule has 0 saturated carbocycles. The van der Waals surface area contributed by atoms with Gasteiger partial charge in [0.25, 0.3) is 5.91 Å². The molecule has 6 heteroatoms. The average Bonchev–Trinajstić information content (AvgIpc) is 2.53. The standard InChI is InChI=1S/C17H27N3O.2ClH/c1-3-4-12-20(2)16-9-7-14(8-10-16)17(21)19-15-6-5-11-18-13-15;;/h7-10,15,18H,3-6,11-13H2,1-2H3,(H,19,21);2*1H. The van der Waals surface area contributed by atoms with Gasteiger partial charge in [-0.05, 0) is 50.1 Å². The summed E-state index contributed by atoms with van der Waals surface area (Å²) in [6.07, 6.45) is 4.58. The maximum Gasteiger partial charge on any atom is 0.251 e. The molecule has 1 aliphatic heterocycles. The number of nitrogens with zero attached hydrogens (tertiary/aromatic N) is 1. The third-order valence-corrected chi connectivity index (χ3v) is 4.05. The van der Waals surface area contributed by atoms with Crippen LogP contribution in [-0.4, -0.2) is 38.6 Å². The van der Waals surface area contributed by atoms with Crippen LogP contribution in [0.5, 0.6) is 0 Å². The first-order valence-electron chi connectivity index (χ1n) is 8.03. The fraction of sp³-hybridized carbons (Fsp3) is 0.588. The van der Waals surface area contributed by atoms with Crippen molar-refractivity contribution in [3.8, 4) is 0 Å². The van der Waals surface area contributed by atoms with E-state index in [9.17, 15) is 4.79 Å². The maximum atomic E-state index is 12.2. The van der Waals surface area contributed by atoms with Crippen LogP contribution in [0, 0.1) is 0 Å². The minimum absolute atomic E-state index is 0. The van der Waals surface area contributed by atoms with Crippen molar-refractivity contribution in [2.24, 2.45) is 0 Å². The summed E-state index contributed by atoms with van der Waals surface area (Å²) >= 11 is 0. The molecule has 2 N–H and O–H groups in total. The summed E-state index contributed by atoms with van der Waals surface area (Å²) in [6, 6.07) is 8.17. The number of carbonyl (C=O) groups is 1. The van der Waals surface area contributed by atoms with Crippen LogP contribution in [0.2, 0.25) is 0 Å². The zero-order chi connectivity index (χ0) is 15.1. The number of rotatable bonds is 6. The SMILES string of the molecule is CCCCN(C)c1ccc(C(=O)NC2CCCNC2)cc1.Cl.Cl. The van der Waals surface area contributed by atoms with E-state index < -0.39 is 0 Å². The molecule has 1 aromatic rings. The molecule has 0 aliphatic carbocycles. The van der Waals surface area contributed by atoms with E-state index in [4.69, 9.17) is 0 Å². The number of amides is 1. The van der Waals surface area contributed by atoms with Crippen LogP contribution in [0.15, 0.2) is 24.3 Å². The lowest BCUT2D eigenvalue weighted by Gasteiger charge is -2.24.